The molecule has 1 aliphatic heterocycles. The van der Waals surface area contributed by atoms with Gasteiger partial charge >= 0.3 is 5.69 Å². The van der Waals surface area contributed by atoms with Gasteiger partial charge in [-0.05, 0) is 49.2 Å². The monoisotopic (exact) mass is 409 g/mol. The van der Waals surface area contributed by atoms with Gasteiger partial charge in [0.05, 0.1) is 18.5 Å². The summed E-state index contributed by atoms with van der Waals surface area (Å²) in [6.45, 7) is 3.56. The van der Waals surface area contributed by atoms with E-state index < -0.39 is 0 Å². The molecule has 0 aliphatic carbocycles. The maximum Gasteiger partial charge on any atom is 0.332 e. The molecule has 0 N–H and O–H groups in total. The summed E-state index contributed by atoms with van der Waals surface area (Å²) >= 11 is 0. The minimum atomic E-state index is -0.364. The first-order chi connectivity index (χ1) is 14.6. The van der Waals surface area contributed by atoms with E-state index in [2.05, 4.69) is 9.88 Å². The van der Waals surface area contributed by atoms with Crippen LogP contribution < -0.4 is 11.2 Å². The van der Waals surface area contributed by atoms with Gasteiger partial charge in [-0.3, -0.25) is 23.8 Å². The van der Waals surface area contributed by atoms with E-state index >= 15 is 0 Å². The van der Waals surface area contributed by atoms with Crippen LogP contribution in [-0.4, -0.2) is 50.8 Å². The zero-order valence-corrected chi connectivity index (χ0v) is 17.5. The van der Waals surface area contributed by atoms with Crippen LogP contribution in [0.5, 0.6) is 0 Å². The smallest absolute Gasteiger partial charge is 0.332 e. The van der Waals surface area contributed by atoms with Crippen molar-refractivity contribution in [1.82, 2.24) is 24.0 Å². The van der Waals surface area contributed by atoms with Crippen LogP contribution in [0.3, 0.4) is 0 Å². The van der Waals surface area contributed by atoms with Crippen molar-refractivity contribution < 1.29 is 4.74 Å². The molecule has 4 rings (SSSR count). The SMILES string of the molecule is COCCn1c(=O)n(C)c(=O)c2ccc(C3CCCN(Cc4ccncc4)C3)nc21. The average Bonchev–Trinajstić information content (AvgIpc) is 2.78. The first-order valence-electron chi connectivity index (χ1n) is 10.3. The van der Waals surface area contributed by atoms with Gasteiger partial charge in [0.1, 0.15) is 5.65 Å². The van der Waals surface area contributed by atoms with E-state index in [1.165, 1.54) is 12.6 Å². The van der Waals surface area contributed by atoms with Crippen LogP contribution in [0.15, 0.2) is 46.2 Å². The maximum absolute atomic E-state index is 12.7. The Morgan fingerprint density at radius 1 is 1.17 bits per heavy atom. The van der Waals surface area contributed by atoms with Crippen LogP contribution in [0, 0.1) is 0 Å². The van der Waals surface area contributed by atoms with Crippen molar-refractivity contribution in [2.24, 2.45) is 7.05 Å². The molecule has 1 atom stereocenters. The number of fused-ring (bicyclic) bond motifs is 1. The number of hydrogen-bond donors (Lipinski definition) is 0. The summed E-state index contributed by atoms with van der Waals surface area (Å²) < 4.78 is 7.83. The van der Waals surface area contributed by atoms with E-state index in [1.807, 2.05) is 36.7 Å². The molecule has 30 heavy (non-hydrogen) atoms. The minimum Gasteiger partial charge on any atom is -0.383 e. The van der Waals surface area contributed by atoms with Gasteiger partial charge in [-0.2, -0.15) is 0 Å². The van der Waals surface area contributed by atoms with Crippen molar-refractivity contribution in [3.05, 3.63) is 68.8 Å². The Morgan fingerprint density at radius 2 is 1.97 bits per heavy atom. The molecule has 1 unspecified atom stereocenters. The molecule has 8 nitrogen and oxygen atoms in total. The molecule has 3 aromatic rings. The molecule has 0 aromatic carbocycles. The van der Waals surface area contributed by atoms with E-state index in [-0.39, 0.29) is 17.2 Å². The van der Waals surface area contributed by atoms with Gasteiger partial charge in [-0.15, -0.1) is 0 Å². The van der Waals surface area contributed by atoms with E-state index in [4.69, 9.17) is 9.72 Å². The molecular weight excluding hydrogens is 382 g/mol. The van der Waals surface area contributed by atoms with Crippen LogP contribution >= 0.6 is 0 Å². The molecule has 0 bridgehead atoms. The van der Waals surface area contributed by atoms with Crippen molar-refractivity contribution in [2.45, 2.75) is 31.8 Å². The lowest BCUT2D eigenvalue weighted by Crippen LogP contribution is -2.39. The van der Waals surface area contributed by atoms with Crippen LogP contribution in [0.25, 0.3) is 11.0 Å². The summed E-state index contributed by atoms with van der Waals surface area (Å²) in [5.41, 5.74) is 1.95. The molecule has 0 radical (unpaired) electrons. The number of rotatable bonds is 6. The summed E-state index contributed by atoms with van der Waals surface area (Å²) in [6, 6.07) is 7.84. The molecule has 1 saturated heterocycles. The lowest BCUT2D eigenvalue weighted by molar-refractivity contribution is 0.186. The topological polar surface area (TPSA) is 82.2 Å². The Balaban J connectivity index is 1.66. The number of methoxy groups -OCH3 is 1. The molecule has 4 heterocycles. The third-order valence-electron chi connectivity index (χ3n) is 5.80. The Morgan fingerprint density at radius 3 is 2.73 bits per heavy atom. The summed E-state index contributed by atoms with van der Waals surface area (Å²) in [5, 5.41) is 0.460. The maximum atomic E-state index is 12.7. The second kappa shape index (κ2) is 8.89. The van der Waals surface area contributed by atoms with Crippen LogP contribution in [0.1, 0.15) is 30.0 Å². The highest BCUT2D eigenvalue weighted by Gasteiger charge is 2.23. The predicted molar refractivity (Wildman–Crippen MR) is 115 cm³/mol. The van der Waals surface area contributed by atoms with Gasteiger partial charge in [0.15, 0.2) is 0 Å². The fraction of sp³-hybridized carbons (Fsp3) is 0.455. The number of likely N-dealkylation sites (tertiary alicyclic amines) is 1. The Hall–Kier alpha value is -2.84. The van der Waals surface area contributed by atoms with E-state index in [1.54, 1.807) is 11.7 Å². The molecule has 1 aliphatic rings. The van der Waals surface area contributed by atoms with Crippen molar-refractivity contribution in [3.63, 3.8) is 0 Å². The number of hydrogen-bond acceptors (Lipinski definition) is 6. The number of piperidine rings is 1. The third kappa shape index (κ3) is 4.06. The summed E-state index contributed by atoms with van der Waals surface area (Å²) in [6.07, 6.45) is 5.77. The lowest BCUT2D eigenvalue weighted by atomic mass is 9.93. The van der Waals surface area contributed by atoms with Crippen LogP contribution in [-0.2, 0) is 24.9 Å². The Bertz CT molecular complexity index is 1140. The molecule has 0 amide bonds. The summed E-state index contributed by atoms with van der Waals surface area (Å²) in [4.78, 5) is 36.6. The largest absolute Gasteiger partial charge is 0.383 e. The predicted octanol–water partition coefficient (Wildman–Crippen LogP) is 1.52. The average molecular weight is 409 g/mol. The van der Waals surface area contributed by atoms with E-state index in [0.29, 0.717) is 24.2 Å². The highest BCUT2D eigenvalue weighted by molar-refractivity contribution is 5.74. The molecule has 0 saturated carbocycles. The highest BCUT2D eigenvalue weighted by Crippen LogP contribution is 2.27. The fourth-order valence-electron chi connectivity index (χ4n) is 4.17. The van der Waals surface area contributed by atoms with Crippen LogP contribution in [0.4, 0.5) is 0 Å². The zero-order valence-electron chi connectivity index (χ0n) is 17.5. The van der Waals surface area contributed by atoms with Gasteiger partial charge in [0, 0.05) is 51.3 Å². The van der Waals surface area contributed by atoms with E-state index in [9.17, 15) is 9.59 Å². The quantitative estimate of drug-likeness (QED) is 0.614. The number of ether oxygens (including phenoxy) is 1. The van der Waals surface area contributed by atoms with Crippen molar-refractivity contribution in [2.75, 3.05) is 26.8 Å². The Kier molecular flexibility index (Phi) is 6.06. The molecular formula is C22H27N5O3. The van der Waals surface area contributed by atoms with Gasteiger partial charge < -0.3 is 4.74 Å². The van der Waals surface area contributed by atoms with Crippen molar-refractivity contribution >= 4 is 11.0 Å². The van der Waals surface area contributed by atoms with Gasteiger partial charge in [0.25, 0.3) is 5.56 Å². The lowest BCUT2D eigenvalue weighted by Gasteiger charge is -2.32. The van der Waals surface area contributed by atoms with Gasteiger partial charge in [0.2, 0.25) is 0 Å². The number of pyridine rings is 2. The third-order valence-corrected chi connectivity index (χ3v) is 5.80. The van der Waals surface area contributed by atoms with Crippen LogP contribution in [0.2, 0.25) is 0 Å². The number of nitrogens with zero attached hydrogens (tertiary/aromatic N) is 5. The van der Waals surface area contributed by atoms with Crippen molar-refractivity contribution in [1.29, 1.82) is 0 Å². The molecule has 158 valence electrons. The first-order valence-corrected chi connectivity index (χ1v) is 10.3. The zero-order chi connectivity index (χ0) is 21.1. The highest BCUT2D eigenvalue weighted by atomic mass is 16.5. The van der Waals surface area contributed by atoms with Gasteiger partial charge in [-0.25, -0.2) is 9.78 Å². The summed E-state index contributed by atoms with van der Waals surface area (Å²) in [5.74, 6) is 0.264. The standard InChI is InChI=1S/C22H27N5O3/c1-25-21(28)18-5-6-19(24-20(18)27(22(25)29)12-13-30-2)17-4-3-11-26(15-17)14-16-7-9-23-10-8-16/h5-10,17H,3-4,11-15H2,1-2H3. The second-order valence-electron chi connectivity index (χ2n) is 7.83. The minimum absolute atomic E-state index is 0.264. The summed E-state index contributed by atoms with van der Waals surface area (Å²) in [7, 11) is 3.09. The molecule has 1 fully saturated rings. The second-order valence-corrected chi connectivity index (χ2v) is 7.83. The first kappa shape index (κ1) is 20.4. The normalized spacial score (nSPS) is 17.5. The van der Waals surface area contributed by atoms with Crippen molar-refractivity contribution in [3.8, 4) is 0 Å². The van der Waals surface area contributed by atoms with E-state index in [0.717, 1.165) is 42.7 Å². The Labute approximate surface area is 174 Å². The fourth-order valence-corrected chi connectivity index (χ4v) is 4.17. The van der Waals surface area contributed by atoms with Gasteiger partial charge in [-0.1, -0.05) is 0 Å². The molecule has 3 aromatic heterocycles. The molecule has 8 heteroatoms. The molecule has 0 spiro atoms. The number of aromatic nitrogens is 4.